The van der Waals surface area contributed by atoms with Crippen LogP contribution < -0.4 is 10.6 Å². The summed E-state index contributed by atoms with van der Waals surface area (Å²) in [5.41, 5.74) is 5.86. The van der Waals surface area contributed by atoms with Gasteiger partial charge in [-0.25, -0.2) is 4.98 Å². The zero-order chi connectivity index (χ0) is 19.4. The maximum atomic E-state index is 12.1. The van der Waals surface area contributed by atoms with E-state index in [-0.39, 0.29) is 24.1 Å². The number of carbonyl (C=O) groups excluding carboxylic acids is 2. The quantitative estimate of drug-likeness (QED) is 0.571. The minimum Gasteiger partial charge on any atom is -0.346 e. The number of amides is 2. The number of aryl methyl sites for hydroxylation is 2. The summed E-state index contributed by atoms with van der Waals surface area (Å²) in [5.74, 6) is -0.274. The number of aromatic nitrogens is 2. The molecule has 0 spiro atoms. The molecule has 0 atom stereocenters. The van der Waals surface area contributed by atoms with Crippen LogP contribution >= 0.6 is 11.8 Å². The van der Waals surface area contributed by atoms with Crippen LogP contribution in [0.15, 0.2) is 41.6 Å². The average Bonchev–Trinajstić information content (AvgIpc) is 3.04. The Hall–Kier alpha value is -2.80. The summed E-state index contributed by atoms with van der Waals surface area (Å²) >= 11 is 1.31. The standard InChI is InChI=1S/C20H22N4O2S/c1-12-7-8-16-17(9-12)24-20(23-16)27-11-19(26)21-10-18(25)22-15-6-4-5-13(2)14(15)3/h4-9H,10-11H2,1-3H3,(H,21,26)(H,22,25)(H,23,24). The van der Waals surface area contributed by atoms with Crippen LogP contribution in [-0.4, -0.2) is 34.1 Å². The van der Waals surface area contributed by atoms with Gasteiger partial charge >= 0.3 is 0 Å². The number of aromatic amines is 1. The van der Waals surface area contributed by atoms with Gasteiger partial charge in [0.2, 0.25) is 11.8 Å². The van der Waals surface area contributed by atoms with E-state index in [1.54, 1.807) is 0 Å². The number of nitrogens with zero attached hydrogens (tertiary/aromatic N) is 1. The van der Waals surface area contributed by atoms with Crippen molar-refractivity contribution in [3.05, 3.63) is 53.1 Å². The Balaban J connectivity index is 1.47. The van der Waals surface area contributed by atoms with Crippen molar-refractivity contribution in [1.29, 1.82) is 0 Å². The topological polar surface area (TPSA) is 86.9 Å². The average molecular weight is 382 g/mol. The Morgan fingerprint density at radius 3 is 2.74 bits per heavy atom. The van der Waals surface area contributed by atoms with Gasteiger partial charge in [0.25, 0.3) is 0 Å². The number of carbonyl (C=O) groups is 2. The first kappa shape index (κ1) is 19.0. The third-order valence-electron chi connectivity index (χ3n) is 4.28. The fraction of sp³-hybridized carbons (Fsp3) is 0.250. The van der Waals surface area contributed by atoms with Gasteiger partial charge in [0.1, 0.15) is 0 Å². The zero-order valence-corrected chi connectivity index (χ0v) is 16.4. The molecule has 3 aromatic rings. The molecule has 2 amide bonds. The molecular weight excluding hydrogens is 360 g/mol. The van der Waals surface area contributed by atoms with E-state index in [1.807, 2.05) is 57.2 Å². The van der Waals surface area contributed by atoms with Crippen LogP contribution in [0.4, 0.5) is 5.69 Å². The summed E-state index contributed by atoms with van der Waals surface area (Å²) in [6.45, 7) is 5.90. The molecule has 0 fully saturated rings. The number of imidazole rings is 1. The molecule has 0 aliphatic rings. The minimum atomic E-state index is -0.249. The summed E-state index contributed by atoms with van der Waals surface area (Å²) in [6, 6.07) is 11.7. The summed E-state index contributed by atoms with van der Waals surface area (Å²) in [4.78, 5) is 31.7. The Morgan fingerprint density at radius 2 is 1.93 bits per heavy atom. The second kappa shape index (κ2) is 8.26. The molecule has 3 N–H and O–H groups in total. The first-order chi connectivity index (χ1) is 12.9. The predicted octanol–water partition coefficient (Wildman–Crippen LogP) is 3.34. The lowest BCUT2D eigenvalue weighted by atomic mass is 10.1. The number of fused-ring (bicyclic) bond motifs is 1. The van der Waals surface area contributed by atoms with Crippen molar-refractivity contribution in [2.75, 3.05) is 17.6 Å². The van der Waals surface area contributed by atoms with Gasteiger partial charge < -0.3 is 15.6 Å². The van der Waals surface area contributed by atoms with Gasteiger partial charge in [-0.3, -0.25) is 9.59 Å². The SMILES string of the molecule is Cc1ccc2nc(SCC(=O)NCC(=O)Nc3cccc(C)c3C)[nH]c2c1. The number of hydrogen-bond acceptors (Lipinski definition) is 4. The van der Waals surface area contributed by atoms with Crippen LogP contribution in [-0.2, 0) is 9.59 Å². The maximum absolute atomic E-state index is 12.1. The highest BCUT2D eigenvalue weighted by Crippen LogP contribution is 2.20. The lowest BCUT2D eigenvalue weighted by Crippen LogP contribution is -2.34. The monoisotopic (exact) mass is 382 g/mol. The van der Waals surface area contributed by atoms with Crippen LogP contribution in [0.3, 0.4) is 0 Å². The van der Waals surface area contributed by atoms with Gasteiger partial charge in [0.05, 0.1) is 23.3 Å². The van der Waals surface area contributed by atoms with Crippen molar-refractivity contribution in [2.24, 2.45) is 0 Å². The highest BCUT2D eigenvalue weighted by molar-refractivity contribution is 7.99. The van der Waals surface area contributed by atoms with Gasteiger partial charge in [-0.2, -0.15) is 0 Å². The van der Waals surface area contributed by atoms with E-state index in [2.05, 4.69) is 20.6 Å². The van der Waals surface area contributed by atoms with E-state index in [1.165, 1.54) is 11.8 Å². The van der Waals surface area contributed by atoms with E-state index >= 15 is 0 Å². The van der Waals surface area contributed by atoms with Crippen molar-refractivity contribution in [3.8, 4) is 0 Å². The number of anilines is 1. The van der Waals surface area contributed by atoms with Crippen molar-refractivity contribution in [3.63, 3.8) is 0 Å². The lowest BCUT2D eigenvalue weighted by Gasteiger charge is -2.10. The molecule has 1 aromatic heterocycles. The second-order valence-corrected chi connectivity index (χ2v) is 7.39. The number of hydrogen-bond donors (Lipinski definition) is 3. The molecule has 0 saturated carbocycles. The van der Waals surface area contributed by atoms with Gasteiger partial charge in [0, 0.05) is 5.69 Å². The van der Waals surface area contributed by atoms with Gasteiger partial charge in [-0.15, -0.1) is 0 Å². The first-order valence-corrected chi connectivity index (χ1v) is 9.63. The van der Waals surface area contributed by atoms with Crippen LogP contribution in [0.25, 0.3) is 11.0 Å². The molecular formula is C20H22N4O2S. The van der Waals surface area contributed by atoms with Gasteiger partial charge in [-0.1, -0.05) is 30.0 Å². The van der Waals surface area contributed by atoms with E-state index < -0.39 is 0 Å². The molecule has 1 heterocycles. The molecule has 7 heteroatoms. The highest BCUT2D eigenvalue weighted by atomic mass is 32.2. The van der Waals surface area contributed by atoms with Crippen molar-refractivity contribution in [2.45, 2.75) is 25.9 Å². The van der Waals surface area contributed by atoms with E-state index in [9.17, 15) is 9.59 Å². The van der Waals surface area contributed by atoms with Crippen molar-refractivity contribution < 1.29 is 9.59 Å². The number of benzene rings is 2. The number of H-pyrrole nitrogens is 1. The van der Waals surface area contributed by atoms with E-state index in [0.717, 1.165) is 33.4 Å². The minimum absolute atomic E-state index is 0.0634. The van der Waals surface area contributed by atoms with Gasteiger partial charge in [-0.05, 0) is 55.7 Å². The Kier molecular flexibility index (Phi) is 5.81. The maximum Gasteiger partial charge on any atom is 0.243 e. The zero-order valence-electron chi connectivity index (χ0n) is 15.6. The molecule has 0 saturated heterocycles. The predicted molar refractivity (Wildman–Crippen MR) is 109 cm³/mol. The summed E-state index contributed by atoms with van der Waals surface area (Å²) in [5, 5.41) is 6.15. The number of thioether (sulfide) groups is 1. The smallest absolute Gasteiger partial charge is 0.243 e. The molecule has 0 bridgehead atoms. The second-order valence-electron chi connectivity index (χ2n) is 6.42. The Bertz CT molecular complexity index is 997. The normalized spacial score (nSPS) is 10.8. The fourth-order valence-corrected chi connectivity index (χ4v) is 3.33. The Labute approximate surface area is 162 Å². The number of rotatable bonds is 6. The van der Waals surface area contributed by atoms with Crippen molar-refractivity contribution >= 4 is 40.3 Å². The van der Waals surface area contributed by atoms with Gasteiger partial charge in [0.15, 0.2) is 5.16 Å². The fourth-order valence-electron chi connectivity index (χ4n) is 2.61. The lowest BCUT2D eigenvalue weighted by molar-refractivity contribution is -0.122. The Morgan fingerprint density at radius 1 is 1.11 bits per heavy atom. The largest absolute Gasteiger partial charge is 0.346 e. The number of nitrogens with one attached hydrogen (secondary N) is 3. The third kappa shape index (κ3) is 4.89. The summed E-state index contributed by atoms with van der Waals surface area (Å²) in [6.07, 6.45) is 0. The van der Waals surface area contributed by atoms with Crippen LogP contribution in [0.1, 0.15) is 16.7 Å². The molecule has 0 unspecified atom stereocenters. The molecule has 3 rings (SSSR count). The molecule has 0 aliphatic carbocycles. The molecule has 0 radical (unpaired) electrons. The molecule has 0 aliphatic heterocycles. The van der Waals surface area contributed by atoms with Crippen molar-refractivity contribution in [1.82, 2.24) is 15.3 Å². The van der Waals surface area contributed by atoms with Crippen LogP contribution in [0.5, 0.6) is 0 Å². The summed E-state index contributed by atoms with van der Waals surface area (Å²) < 4.78 is 0. The molecule has 2 aromatic carbocycles. The van der Waals surface area contributed by atoms with Crippen LogP contribution in [0.2, 0.25) is 0 Å². The third-order valence-corrected chi connectivity index (χ3v) is 5.15. The summed E-state index contributed by atoms with van der Waals surface area (Å²) in [7, 11) is 0. The van der Waals surface area contributed by atoms with Crippen LogP contribution in [0, 0.1) is 20.8 Å². The molecule has 6 nitrogen and oxygen atoms in total. The molecule has 27 heavy (non-hydrogen) atoms. The molecule has 140 valence electrons. The van der Waals surface area contributed by atoms with E-state index in [0.29, 0.717) is 5.16 Å². The van der Waals surface area contributed by atoms with E-state index in [4.69, 9.17) is 0 Å². The highest BCUT2D eigenvalue weighted by Gasteiger charge is 2.10. The first-order valence-electron chi connectivity index (χ1n) is 8.64.